The molecule has 0 spiro atoms. The van der Waals surface area contributed by atoms with E-state index in [1.54, 1.807) is 4.63 Å². The van der Waals surface area contributed by atoms with Crippen molar-refractivity contribution >= 4 is 17.6 Å². The van der Waals surface area contributed by atoms with E-state index in [1.165, 1.54) is 0 Å². The molecule has 1 saturated heterocycles. The summed E-state index contributed by atoms with van der Waals surface area (Å²) in [4.78, 5) is 9.13. The van der Waals surface area contributed by atoms with Crippen LogP contribution in [0.4, 0.5) is 0 Å². The number of hydrogen-bond acceptors (Lipinski definition) is 7. The molecule has 110 valence electrons. The molecule has 0 radical (unpaired) electrons. The Morgan fingerprint density at radius 1 is 1.19 bits per heavy atom. The van der Waals surface area contributed by atoms with Gasteiger partial charge in [0.2, 0.25) is 0 Å². The van der Waals surface area contributed by atoms with E-state index in [4.69, 9.17) is 0 Å². The SMILES string of the molecule is CC1=NC2C(/C=c3/c(C)nn4nc(C)nc34)C(C)NN2N1. The molecule has 4 heterocycles. The van der Waals surface area contributed by atoms with Crippen molar-refractivity contribution in [3.8, 4) is 0 Å². The Labute approximate surface area is 121 Å². The summed E-state index contributed by atoms with van der Waals surface area (Å²) < 4.78 is 1.61. The first-order chi connectivity index (χ1) is 10.0. The normalized spacial score (nSPS) is 30.0. The fourth-order valence-corrected chi connectivity index (χ4v) is 3.07. The maximum absolute atomic E-state index is 4.65. The van der Waals surface area contributed by atoms with E-state index in [9.17, 15) is 0 Å². The molecular weight excluding hydrogens is 268 g/mol. The van der Waals surface area contributed by atoms with Crippen LogP contribution >= 0.6 is 0 Å². The van der Waals surface area contributed by atoms with E-state index in [2.05, 4.69) is 44.0 Å². The van der Waals surface area contributed by atoms with Crippen LogP contribution in [-0.2, 0) is 0 Å². The second kappa shape index (κ2) is 4.22. The number of aromatic nitrogens is 4. The van der Waals surface area contributed by atoms with Gasteiger partial charge in [0.05, 0.1) is 5.69 Å². The molecule has 1 fully saturated rings. The Kier molecular flexibility index (Phi) is 2.54. The van der Waals surface area contributed by atoms with Gasteiger partial charge in [-0.2, -0.15) is 5.10 Å². The summed E-state index contributed by atoms with van der Waals surface area (Å²) in [7, 11) is 0. The number of aliphatic imine (C=N–C) groups is 1. The van der Waals surface area contributed by atoms with Crippen molar-refractivity contribution < 1.29 is 0 Å². The monoisotopic (exact) mass is 286 g/mol. The third-order valence-electron chi connectivity index (χ3n) is 4.07. The van der Waals surface area contributed by atoms with Crippen LogP contribution in [0, 0.1) is 19.8 Å². The van der Waals surface area contributed by atoms with Crippen molar-refractivity contribution in [3.63, 3.8) is 0 Å². The molecule has 0 bridgehead atoms. The minimum Gasteiger partial charge on any atom is -0.292 e. The summed E-state index contributed by atoms with van der Waals surface area (Å²) in [6, 6.07) is 0.290. The standard InChI is InChI=1S/C13H18N8/c1-6-10(12-14-8(3)18-20(12)16-6)5-11-7(2)17-21-13(11)15-9(4)19-21/h5-6,10,12,16H,1-4H3,(H,14,18)/b11-5-. The number of fused-ring (bicyclic) bond motifs is 2. The van der Waals surface area contributed by atoms with Gasteiger partial charge in [-0.1, -0.05) is 6.08 Å². The van der Waals surface area contributed by atoms with E-state index < -0.39 is 0 Å². The number of nitrogens with zero attached hydrogens (tertiary/aromatic N) is 6. The number of rotatable bonds is 1. The molecule has 3 atom stereocenters. The summed E-state index contributed by atoms with van der Waals surface area (Å²) in [5, 5.41) is 11.7. The smallest absolute Gasteiger partial charge is 0.185 e. The van der Waals surface area contributed by atoms with E-state index in [0.717, 1.165) is 28.2 Å². The predicted molar refractivity (Wildman–Crippen MR) is 77.9 cm³/mol. The van der Waals surface area contributed by atoms with E-state index >= 15 is 0 Å². The maximum Gasteiger partial charge on any atom is 0.185 e. The van der Waals surface area contributed by atoms with Crippen LogP contribution in [-0.4, -0.2) is 43.0 Å². The van der Waals surface area contributed by atoms with E-state index in [-0.39, 0.29) is 18.1 Å². The molecule has 2 aliphatic rings. The average molecular weight is 286 g/mol. The Morgan fingerprint density at radius 2 is 2.00 bits per heavy atom. The molecule has 0 aliphatic carbocycles. The second-order valence-electron chi connectivity index (χ2n) is 5.74. The van der Waals surface area contributed by atoms with Crippen molar-refractivity contribution in [1.82, 2.24) is 35.8 Å². The second-order valence-corrected chi connectivity index (χ2v) is 5.74. The van der Waals surface area contributed by atoms with E-state index in [0.29, 0.717) is 0 Å². The first kappa shape index (κ1) is 12.7. The molecule has 2 aliphatic heterocycles. The molecule has 3 unspecified atom stereocenters. The summed E-state index contributed by atoms with van der Waals surface area (Å²) in [6.07, 6.45) is 2.29. The minimum absolute atomic E-state index is 0.0679. The molecule has 2 N–H and O–H groups in total. The highest BCUT2D eigenvalue weighted by atomic mass is 15.8. The van der Waals surface area contributed by atoms with Crippen molar-refractivity contribution in [2.75, 3.05) is 0 Å². The Bertz CT molecular complexity index is 791. The molecule has 8 heteroatoms. The number of aryl methyl sites for hydroxylation is 2. The van der Waals surface area contributed by atoms with Gasteiger partial charge < -0.3 is 0 Å². The Balaban J connectivity index is 1.83. The largest absolute Gasteiger partial charge is 0.292 e. The lowest BCUT2D eigenvalue weighted by atomic mass is 9.99. The fourth-order valence-electron chi connectivity index (χ4n) is 3.07. The molecule has 21 heavy (non-hydrogen) atoms. The van der Waals surface area contributed by atoms with Gasteiger partial charge >= 0.3 is 0 Å². The third-order valence-corrected chi connectivity index (χ3v) is 4.07. The van der Waals surface area contributed by atoms with Gasteiger partial charge in [0.1, 0.15) is 17.8 Å². The van der Waals surface area contributed by atoms with E-state index in [1.807, 2.05) is 25.9 Å². The minimum atomic E-state index is 0.0679. The molecule has 8 nitrogen and oxygen atoms in total. The summed E-state index contributed by atoms with van der Waals surface area (Å²) >= 11 is 0. The average Bonchev–Trinajstić information content (AvgIpc) is 3.06. The highest BCUT2D eigenvalue weighted by molar-refractivity contribution is 5.80. The highest BCUT2D eigenvalue weighted by Crippen LogP contribution is 2.26. The number of amidine groups is 1. The van der Waals surface area contributed by atoms with Gasteiger partial charge in [-0.3, -0.25) is 5.43 Å². The fraction of sp³-hybridized carbons (Fsp3) is 0.538. The zero-order valence-corrected chi connectivity index (χ0v) is 12.5. The number of hydrogen-bond donors (Lipinski definition) is 2. The van der Waals surface area contributed by atoms with Crippen LogP contribution in [0.15, 0.2) is 4.99 Å². The summed E-state index contributed by atoms with van der Waals surface area (Å²) in [6.45, 7) is 7.99. The van der Waals surface area contributed by atoms with Gasteiger partial charge in [-0.25, -0.2) is 15.4 Å². The number of hydrazine groups is 2. The van der Waals surface area contributed by atoms with Crippen molar-refractivity contribution in [2.24, 2.45) is 10.9 Å². The topological polar surface area (TPSA) is 82.7 Å². The molecule has 0 saturated carbocycles. The Morgan fingerprint density at radius 3 is 2.81 bits per heavy atom. The van der Waals surface area contributed by atoms with Gasteiger partial charge in [-0.05, 0) is 27.7 Å². The first-order valence-electron chi connectivity index (χ1n) is 7.11. The lowest BCUT2D eigenvalue weighted by Gasteiger charge is -2.14. The lowest BCUT2D eigenvalue weighted by Crippen LogP contribution is -2.45. The van der Waals surface area contributed by atoms with Gasteiger partial charge in [0, 0.05) is 17.2 Å². The zero-order chi connectivity index (χ0) is 14.7. The quantitative estimate of drug-likeness (QED) is 0.723. The summed E-state index contributed by atoms with van der Waals surface area (Å²) in [5.74, 6) is 1.92. The molecule has 0 amide bonds. The maximum atomic E-state index is 4.65. The van der Waals surface area contributed by atoms with Crippen LogP contribution in [0.3, 0.4) is 0 Å². The van der Waals surface area contributed by atoms with Crippen LogP contribution < -0.4 is 16.1 Å². The predicted octanol–water partition coefficient (Wildman–Crippen LogP) is -0.672. The molecule has 0 aromatic carbocycles. The number of nitrogens with one attached hydrogen (secondary N) is 2. The molecular formula is C13H18N8. The van der Waals surface area contributed by atoms with Gasteiger partial charge in [0.25, 0.3) is 0 Å². The molecule has 2 aromatic heterocycles. The first-order valence-corrected chi connectivity index (χ1v) is 7.11. The van der Waals surface area contributed by atoms with Crippen molar-refractivity contribution in [2.45, 2.75) is 39.9 Å². The third kappa shape index (κ3) is 1.83. The van der Waals surface area contributed by atoms with Gasteiger partial charge in [0.15, 0.2) is 5.65 Å². The molecule has 4 rings (SSSR count). The van der Waals surface area contributed by atoms with Crippen LogP contribution in [0.5, 0.6) is 0 Å². The lowest BCUT2D eigenvalue weighted by molar-refractivity contribution is 0.165. The highest BCUT2D eigenvalue weighted by Gasteiger charge is 2.41. The van der Waals surface area contributed by atoms with Gasteiger partial charge in [-0.15, -0.1) is 14.8 Å². The van der Waals surface area contributed by atoms with Crippen molar-refractivity contribution in [1.29, 1.82) is 0 Å². The van der Waals surface area contributed by atoms with Crippen LogP contribution in [0.25, 0.3) is 11.7 Å². The van der Waals surface area contributed by atoms with Crippen LogP contribution in [0.2, 0.25) is 0 Å². The van der Waals surface area contributed by atoms with Crippen LogP contribution in [0.1, 0.15) is 25.4 Å². The zero-order valence-electron chi connectivity index (χ0n) is 12.5. The molecule has 2 aromatic rings. The summed E-state index contributed by atoms with van der Waals surface area (Å²) in [5.41, 5.74) is 8.38. The van der Waals surface area contributed by atoms with Crippen molar-refractivity contribution in [3.05, 3.63) is 16.7 Å². The Hall–Kier alpha value is -2.06.